The highest BCUT2D eigenvalue weighted by molar-refractivity contribution is 5.90. The number of amides is 2. The van der Waals surface area contributed by atoms with Crippen molar-refractivity contribution in [3.05, 3.63) is 59.4 Å². The van der Waals surface area contributed by atoms with Crippen molar-refractivity contribution >= 4 is 11.7 Å². The molecule has 0 bridgehead atoms. The van der Waals surface area contributed by atoms with Gasteiger partial charge in [-0.2, -0.15) is 13.2 Å². The van der Waals surface area contributed by atoms with Crippen LogP contribution in [0.1, 0.15) is 23.7 Å². The van der Waals surface area contributed by atoms with Crippen molar-refractivity contribution < 1.29 is 22.7 Å². The van der Waals surface area contributed by atoms with Crippen molar-refractivity contribution in [2.75, 3.05) is 18.5 Å². The van der Waals surface area contributed by atoms with Crippen LogP contribution in [0.15, 0.2) is 42.6 Å². The number of pyridine rings is 1. The Morgan fingerprint density at radius 3 is 2.79 bits per heavy atom. The second kappa shape index (κ2) is 8.18. The minimum absolute atomic E-state index is 0.103. The van der Waals surface area contributed by atoms with E-state index in [1.54, 1.807) is 6.20 Å². The molecule has 1 N–H and O–H groups in total. The number of aromatic nitrogens is 1. The van der Waals surface area contributed by atoms with E-state index >= 15 is 0 Å². The minimum atomic E-state index is -4.52. The van der Waals surface area contributed by atoms with Crippen LogP contribution in [0, 0.1) is 6.92 Å². The van der Waals surface area contributed by atoms with E-state index in [9.17, 15) is 18.0 Å². The van der Waals surface area contributed by atoms with Gasteiger partial charge >= 0.3 is 12.2 Å². The number of morpholine rings is 1. The molecule has 1 aliphatic heterocycles. The Labute approximate surface area is 161 Å². The molecule has 1 aromatic carbocycles. The predicted octanol–water partition coefficient (Wildman–Crippen LogP) is 4.16. The topological polar surface area (TPSA) is 54.5 Å². The maximum absolute atomic E-state index is 13.1. The maximum Gasteiger partial charge on any atom is 0.416 e. The molecule has 2 amide bonds. The van der Waals surface area contributed by atoms with Gasteiger partial charge in [0.05, 0.1) is 12.6 Å². The molecule has 0 saturated carbocycles. The molecule has 1 fully saturated rings. The molecule has 3 rings (SSSR count). The number of urea groups is 1. The van der Waals surface area contributed by atoms with Crippen LogP contribution < -0.4 is 5.32 Å². The molecule has 2 heterocycles. The van der Waals surface area contributed by atoms with Gasteiger partial charge < -0.3 is 15.0 Å². The van der Waals surface area contributed by atoms with Gasteiger partial charge in [-0.25, -0.2) is 4.79 Å². The summed E-state index contributed by atoms with van der Waals surface area (Å²) in [4.78, 5) is 18.1. The molecule has 8 heteroatoms. The number of halogens is 3. The van der Waals surface area contributed by atoms with Crippen LogP contribution in [0.5, 0.6) is 0 Å². The number of alkyl halides is 3. The summed E-state index contributed by atoms with van der Waals surface area (Å²) in [7, 11) is 0. The van der Waals surface area contributed by atoms with Gasteiger partial charge in [-0.15, -0.1) is 0 Å². The molecule has 0 spiro atoms. The van der Waals surface area contributed by atoms with Crippen LogP contribution in [-0.4, -0.2) is 47.4 Å². The molecule has 1 saturated heterocycles. The van der Waals surface area contributed by atoms with E-state index in [1.807, 2.05) is 43.3 Å². The van der Waals surface area contributed by atoms with Crippen LogP contribution in [0.4, 0.5) is 23.7 Å². The fourth-order valence-corrected chi connectivity index (χ4v) is 3.25. The zero-order chi connectivity index (χ0) is 20.3. The van der Waals surface area contributed by atoms with E-state index in [4.69, 9.17) is 4.74 Å². The van der Waals surface area contributed by atoms with E-state index in [-0.39, 0.29) is 13.2 Å². The number of hydrogen-bond donors (Lipinski definition) is 1. The molecule has 5 nitrogen and oxygen atoms in total. The highest BCUT2D eigenvalue weighted by Crippen LogP contribution is 2.30. The van der Waals surface area contributed by atoms with E-state index in [1.165, 1.54) is 11.8 Å². The van der Waals surface area contributed by atoms with Crippen molar-refractivity contribution in [1.29, 1.82) is 0 Å². The Bertz CT molecular complexity index is 827. The lowest BCUT2D eigenvalue weighted by atomic mass is 10.1. The minimum Gasteiger partial charge on any atom is -0.365 e. The number of nitrogens with zero attached hydrogens (tertiary/aromatic N) is 2. The smallest absolute Gasteiger partial charge is 0.365 e. The van der Waals surface area contributed by atoms with Crippen molar-refractivity contribution in [2.45, 2.75) is 38.6 Å². The Morgan fingerprint density at radius 2 is 2.11 bits per heavy atom. The summed E-state index contributed by atoms with van der Waals surface area (Å²) < 4.78 is 44.1. The monoisotopic (exact) mass is 393 g/mol. The third-order valence-electron chi connectivity index (χ3n) is 4.80. The van der Waals surface area contributed by atoms with Crippen molar-refractivity contribution in [3.63, 3.8) is 0 Å². The summed E-state index contributed by atoms with van der Waals surface area (Å²) in [5.41, 5.74) is 3.23. The summed E-state index contributed by atoms with van der Waals surface area (Å²) in [6.07, 6.45) is -4.20. The first-order valence-corrected chi connectivity index (χ1v) is 9.01. The number of aryl methyl sites for hydroxylation is 1. The summed E-state index contributed by atoms with van der Waals surface area (Å²) in [6, 6.07) is 9.61. The average molecular weight is 393 g/mol. The quantitative estimate of drug-likeness (QED) is 0.852. The highest BCUT2D eigenvalue weighted by Gasteiger charge is 2.49. The normalized spacial score (nSPS) is 20.1. The first kappa shape index (κ1) is 20.1. The number of carbonyl (C=O) groups excluding carboxylic acids is 1. The molecule has 0 radical (unpaired) electrons. The lowest BCUT2D eigenvalue weighted by Crippen LogP contribution is -2.58. The molecule has 1 aliphatic rings. The SMILES string of the molecule is Cc1ccc(Cc2ccccn2)cc1NC(=O)N1CCOC(C(F)(F)F)C1C. The van der Waals surface area contributed by atoms with Gasteiger partial charge in [0.1, 0.15) is 0 Å². The molecule has 2 atom stereocenters. The van der Waals surface area contributed by atoms with Crippen LogP contribution in [0.3, 0.4) is 0 Å². The lowest BCUT2D eigenvalue weighted by Gasteiger charge is -2.39. The molecule has 0 aliphatic carbocycles. The summed E-state index contributed by atoms with van der Waals surface area (Å²) >= 11 is 0. The third kappa shape index (κ3) is 4.62. The number of nitrogens with one attached hydrogen (secondary N) is 1. The van der Waals surface area contributed by atoms with Crippen LogP contribution in [-0.2, 0) is 11.2 Å². The molecule has 1 aromatic heterocycles. The van der Waals surface area contributed by atoms with E-state index < -0.39 is 24.4 Å². The largest absolute Gasteiger partial charge is 0.416 e. The van der Waals surface area contributed by atoms with Crippen molar-refractivity contribution in [1.82, 2.24) is 9.88 Å². The Morgan fingerprint density at radius 1 is 1.32 bits per heavy atom. The Balaban J connectivity index is 1.73. The molecule has 2 unspecified atom stereocenters. The lowest BCUT2D eigenvalue weighted by molar-refractivity contribution is -0.246. The first-order valence-electron chi connectivity index (χ1n) is 9.01. The molecular formula is C20H22F3N3O2. The van der Waals surface area contributed by atoms with Crippen LogP contribution in [0.25, 0.3) is 0 Å². The number of anilines is 1. The zero-order valence-electron chi connectivity index (χ0n) is 15.7. The number of ether oxygens (including phenoxy) is 1. The zero-order valence-corrected chi connectivity index (χ0v) is 15.7. The average Bonchev–Trinajstić information content (AvgIpc) is 2.64. The predicted molar refractivity (Wildman–Crippen MR) is 99.2 cm³/mol. The summed E-state index contributed by atoms with van der Waals surface area (Å²) in [6.45, 7) is 3.13. The molecule has 2 aromatic rings. The summed E-state index contributed by atoms with van der Waals surface area (Å²) in [5.74, 6) is 0. The Kier molecular flexibility index (Phi) is 5.88. The number of benzene rings is 1. The number of carbonyl (C=O) groups is 1. The second-order valence-corrected chi connectivity index (χ2v) is 6.84. The first-order chi connectivity index (χ1) is 13.3. The van der Waals surface area contributed by atoms with Gasteiger partial charge in [-0.05, 0) is 43.2 Å². The van der Waals surface area contributed by atoms with Gasteiger partial charge in [0.15, 0.2) is 6.10 Å². The van der Waals surface area contributed by atoms with Crippen LogP contribution >= 0.6 is 0 Å². The fourth-order valence-electron chi connectivity index (χ4n) is 3.25. The highest BCUT2D eigenvalue weighted by atomic mass is 19.4. The summed E-state index contributed by atoms with van der Waals surface area (Å²) in [5, 5.41) is 2.75. The van der Waals surface area contributed by atoms with Crippen molar-refractivity contribution in [2.24, 2.45) is 0 Å². The van der Waals surface area contributed by atoms with E-state index in [2.05, 4.69) is 10.3 Å². The van der Waals surface area contributed by atoms with E-state index in [0.29, 0.717) is 12.1 Å². The van der Waals surface area contributed by atoms with Crippen LogP contribution in [0.2, 0.25) is 0 Å². The van der Waals surface area contributed by atoms with Gasteiger partial charge in [-0.1, -0.05) is 18.2 Å². The van der Waals surface area contributed by atoms with Gasteiger partial charge in [0, 0.05) is 30.5 Å². The van der Waals surface area contributed by atoms with Gasteiger partial charge in [0.2, 0.25) is 0 Å². The van der Waals surface area contributed by atoms with Gasteiger partial charge in [0.25, 0.3) is 0 Å². The standard InChI is InChI=1S/C20H22F3N3O2/c1-13-6-7-15(11-16-5-3-4-8-24-16)12-17(13)25-19(27)26-9-10-28-18(14(26)2)20(21,22)23/h3-8,12,14,18H,9-11H2,1-2H3,(H,25,27). The molecular weight excluding hydrogens is 371 g/mol. The third-order valence-corrected chi connectivity index (χ3v) is 4.80. The maximum atomic E-state index is 13.1. The van der Waals surface area contributed by atoms with Gasteiger partial charge in [-0.3, -0.25) is 4.98 Å². The fraction of sp³-hybridized carbons (Fsp3) is 0.400. The molecule has 150 valence electrons. The molecule has 28 heavy (non-hydrogen) atoms. The number of rotatable bonds is 3. The van der Waals surface area contributed by atoms with Crippen molar-refractivity contribution in [3.8, 4) is 0 Å². The second-order valence-electron chi connectivity index (χ2n) is 6.84. The number of hydrogen-bond acceptors (Lipinski definition) is 3. The Hall–Kier alpha value is -2.61. The van der Waals surface area contributed by atoms with E-state index in [0.717, 1.165) is 16.8 Å².